The van der Waals surface area contributed by atoms with Crippen molar-refractivity contribution in [2.75, 3.05) is 31.1 Å². The van der Waals surface area contributed by atoms with Crippen molar-refractivity contribution in [3.05, 3.63) is 89.0 Å². The third kappa shape index (κ3) is 6.45. The van der Waals surface area contributed by atoms with Crippen molar-refractivity contribution in [1.29, 1.82) is 0 Å². The Morgan fingerprint density at radius 3 is 2.20 bits per heavy atom. The predicted octanol–water partition coefficient (Wildman–Crippen LogP) is 3.12. The molecule has 0 bridgehead atoms. The van der Waals surface area contributed by atoms with E-state index in [9.17, 15) is 22.4 Å². The molecule has 1 saturated heterocycles. The lowest BCUT2D eigenvalue weighted by molar-refractivity contribution is -0.133. The van der Waals surface area contributed by atoms with E-state index in [-0.39, 0.29) is 48.3 Å². The fraction of sp³-hybridized carbons (Fsp3) is 0.400. The number of nitrogens with zero attached hydrogens (tertiary/aromatic N) is 2. The SMILES string of the molecule is Cc1ccc(C)n1-c1ccc(C(=O)N[C@@H](CCN[C@@H]2C[C@H]2c2ccc(F)cc2)C(=O)N2CCS(=O)(=O)CC2)cc1. The largest absolute Gasteiger partial charge is 0.340 e. The molecule has 8 nitrogen and oxygen atoms in total. The van der Waals surface area contributed by atoms with Crippen LogP contribution in [0.1, 0.15) is 46.1 Å². The van der Waals surface area contributed by atoms with Gasteiger partial charge >= 0.3 is 0 Å². The van der Waals surface area contributed by atoms with Crippen LogP contribution < -0.4 is 10.6 Å². The van der Waals surface area contributed by atoms with E-state index in [4.69, 9.17) is 0 Å². The lowest BCUT2D eigenvalue weighted by atomic mass is 10.1. The maximum absolute atomic E-state index is 13.4. The van der Waals surface area contributed by atoms with Gasteiger partial charge in [-0.25, -0.2) is 12.8 Å². The molecule has 3 atom stereocenters. The van der Waals surface area contributed by atoms with Crippen LogP contribution >= 0.6 is 0 Å². The molecule has 0 spiro atoms. The Kier molecular flexibility index (Phi) is 8.09. The molecule has 1 aliphatic carbocycles. The number of aryl methyl sites for hydroxylation is 2. The zero-order valence-corrected chi connectivity index (χ0v) is 23.6. The van der Waals surface area contributed by atoms with Crippen molar-refractivity contribution in [3.63, 3.8) is 0 Å². The Morgan fingerprint density at radius 1 is 0.950 bits per heavy atom. The Balaban J connectivity index is 1.23. The van der Waals surface area contributed by atoms with Crippen molar-refractivity contribution in [3.8, 4) is 5.69 Å². The number of hydrogen-bond donors (Lipinski definition) is 2. The summed E-state index contributed by atoms with van der Waals surface area (Å²) in [6.07, 6.45) is 1.29. The summed E-state index contributed by atoms with van der Waals surface area (Å²) >= 11 is 0. The second-order valence-electron chi connectivity index (χ2n) is 10.7. The number of carbonyl (C=O) groups is 2. The summed E-state index contributed by atoms with van der Waals surface area (Å²) in [5, 5.41) is 6.36. The zero-order chi connectivity index (χ0) is 28.4. The lowest BCUT2D eigenvalue weighted by Crippen LogP contribution is -2.53. The molecule has 10 heteroatoms. The van der Waals surface area contributed by atoms with Crippen LogP contribution in [0.2, 0.25) is 0 Å². The maximum Gasteiger partial charge on any atom is 0.251 e. The molecule has 212 valence electrons. The van der Waals surface area contributed by atoms with E-state index >= 15 is 0 Å². The molecule has 2 aromatic carbocycles. The fourth-order valence-corrected chi connectivity index (χ4v) is 6.60. The fourth-order valence-electron chi connectivity index (χ4n) is 5.40. The Morgan fingerprint density at radius 2 is 1.57 bits per heavy atom. The smallest absolute Gasteiger partial charge is 0.251 e. The monoisotopic (exact) mass is 566 g/mol. The minimum atomic E-state index is -3.14. The molecule has 2 aliphatic rings. The molecule has 2 amide bonds. The van der Waals surface area contributed by atoms with E-state index in [2.05, 4.69) is 15.2 Å². The van der Waals surface area contributed by atoms with Gasteiger partial charge in [0, 0.05) is 47.7 Å². The third-order valence-electron chi connectivity index (χ3n) is 7.85. The number of carbonyl (C=O) groups excluding carboxylic acids is 2. The molecule has 0 radical (unpaired) electrons. The van der Waals surface area contributed by atoms with Gasteiger partial charge in [0.15, 0.2) is 9.84 Å². The lowest BCUT2D eigenvalue weighted by Gasteiger charge is -2.30. The predicted molar refractivity (Wildman–Crippen MR) is 152 cm³/mol. The van der Waals surface area contributed by atoms with Crippen LogP contribution in [0.3, 0.4) is 0 Å². The molecule has 3 aromatic rings. The van der Waals surface area contributed by atoms with Crippen molar-refractivity contribution in [1.82, 2.24) is 20.1 Å². The second-order valence-corrected chi connectivity index (χ2v) is 13.0. The molecule has 2 fully saturated rings. The number of halogens is 1. The summed E-state index contributed by atoms with van der Waals surface area (Å²) in [6, 6.07) is 17.3. The number of benzene rings is 2. The average molecular weight is 567 g/mol. The highest BCUT2D eigenvalue weighted by Crippen LogP contribution is 2.40. The molecule has 2 N–H and O–H groups in total. The van der Waals surface area contributed by atoms with Gasteiger partial charge in [0.2, 0.25) is 5.91 Å². The summed E-state index contributed by atoms with van der Waals surface area (Å²) in [4.78, 5) is 28.2. The quantitative estimate of drug-likeness (QED) is 0.415. The van der Waals surface area contributed by atoms with Gasteiger partial charge in [-0.15, -0.1) is 0 Å². The Bertz CT molecular complexity index is 1450. The van der Waals surface area contributed by atoms with Crippen LogP contribution in [-0.4, -0.2) is 72.9 Å². The topological polar surface area (TPSA) is 101 Å². The van der Waals surface area contributed by atoms with Crippen molar-refractivity contribution < 1.29 is 22.4 Å². The summed E-state index contributed by atoms with van der Waals surface area (Å²) in [5.41, 5.74) is 4.64. The normalized spacial score (nSPS) is 20.6. The third-order valence-corrected chi connectivity index (χ3v) is 9.46. The van der Waals surface area contributed by atoms with Gasteiger partial charge in [-0.2, -0.15) is 0 Å². The van der Waals surface area contributed by atoms with Gasteiger partial charge in [0.1, 0.15) is 11.9 Å². The van der Waals surface area contributed by atoms with Crippen LogP contribution in [0.25, 0.3) is 5.69 Å². The standard InChI is InChI=1S/C30H35FN4O4S/c1-20-3-4-21(2)35(20)25-11-7-23(8-12-25)29(36)33-27(30(37)34-15-17-40(38,39)18-16-34)13-14-32-28-19-26(28)22-5-9-24(31)10-6-22/h3-12,26-28,32H,13-19H2,1-2H3,(H,33,36)/t26-,27-,28+/m0/s1. The number of hydrogen-bond acceptors (Lipinski definition) is 5. The van der Waals surface area contributed by atoms with Gasteiger partial charge in [-0.3, -0.25) is 9.59 Å². The van der Waals surface area contributed by atoms with Crippen molar-refractivity contribution in [2.24, 2.45) is 0 Å². The number of rotatable bonds is 9. The van der Waals surface area contributed by atoms with Gasteiger partial charge in [-0.1, -0.05) is 12.1 Å². The Labute approximate surface area is 234 Å². The van der Waals surface area contributed by atoms with E-state index in [1.165, 1.54) is 17.0 Å². The van der Waals surface area contributed by atoms with Crippen LogP contribution in [0.5, 0.6) is 0 Å². The van der Waals surface area contributed by atoms with Crippen LogP contribution in [0, 0.1) is 19.7 Å². The molecule has 2 heterocycles. The first-order valence-corrected chi connectivity index (χ1v) is 15.5. The van der Waals surface area contributed by atoms with E-state index in [1.54, 1.807) is 24.3 Å². The molecule has 1 saturated carbocycles. The molecular weight excluding hydrogens is 531 g/mol. The van der Waals surface area contributed by atoms with Gasteiger partial charge in [0.25, 0.3) is 5.91 Å². The minimum Gasteiger partial charge on any atom is -0.340 e. The zero-order valence-electron chi connectivity index (χ0n) is 22.8. The molecule has 40 heavy (non-hydrogen) atoms. The molecule has 1 aromatic heterocycles. The molecule has 5 rings (SSSR count). The van der Waals surface area contributed by atoms with E-state index in [0.717, 1.165) is 29.1 Å². The number of amides is 2. The van der Waals surface area contributed by atoms with Gasteiger partial charge in [0.05, 0.1) is 11.5 Å². The first kappa shape index (κ1) is 28.0. The summed E-state index contributed by atoms with van der Waals surface area (Å²) < 4.78 is 39.1. The van der Waals surface area contributed by atoms with Crippen LogP contribution in [0.15, 0.2) is 60.7 Å². The first-order valence-electron chi connectivity index (χ1n) is 13.7. The molecular formula is C30H35FN4O4S. The number of sulfone groups is 1. The van der Waals surface area contributed by atoms with E-state index in [0.29, 0.717) is 24.4 Å². The van der Waals surface area contributed by atoms with Crippen LogP contribution in [0.4, 0.5) is 4.39 Å². The summed E-state index contributed by atoms with van der Waals surface area (Å²) in [6.45, 7) is 4.79. The highest BCUT2D eigenvalue weighted by atomic mass is 32.2. The highest BCUT2D eigenvalue weighted by molar-refractivity contribution is 7.91. The minimum absolute atomic E-state index is 0.0707. The molecule has 1 aliphatic heterocycles. The molecule has 0 unspecified atom stereocenters. The second kappa shape index (κ2) is 11.5. The average Bonchev–Trinajstić information content (AvgIpc) is 3.63. The van der Waals surface area contributed by atoms with Gasteiger partial charge in [-0.05, 0) is 87.3 Å². The Hall–Kier alpha value is -3.50. The van der Waals surface area contributed by atoms with E-state index < -0.39 is 15.9 Å². The summed E-state index contributed by atoms with van der Waals surface area (Å²) in [5.74, 6) is -0.738. The van der Waals surface area contributed by atoms with Crippen LogP contribution in [-0.2, 0) is 14.6 Å². The first-order chi connectivity index (χ1) is 19.1. The number of aromatic nitrogens is 1. The van der Waals surface area contributed by atoms with Crippen molar-refractivity contribution in [2.45, 2.75) is 44.7 Å². The highest BCUT2D eigenvalue weighted by Gasteiger charge is 2.38. The number of nitrogens with one attached hydrogen (secondary N) is 2. The van der Waals surface area contributed by atoms with Crippen molar-refractivity contribution >= 4 is 21.7 Å². The maximum atomic E-state index is 13.4. The van der Waals surface area contributed by atoms with Gasteiger partial charge < -0.3 is 20.1 Å². The summed E-state index contributed by atoms with van der Waals surface area (Å²) in [7, 11) is -3.14. The van der Waals surface area contributed by atoms with E-state index in [1.807, 2.05) is 38.1 Å².